The molecule has 1 N–H and O–H groups in total. The zero-order valence-electron chi connectivity index (χ0n) is 10.9. The minimum atomic E-state index is 0.458. The van der Waals surface area contributed by atoms with Gasteiger partial charge in [0.25, 0.3) is 0 Å². The van der Waals surface area contributed by atoms with E-state index in [1.54, 1.807) is 29.1 Å². The summed E-state index contributed by atoms with van der Waals surface area (Å²) in [6.45, 7) is 2.57. The van der Waals surface area contributed by atoms with Crippen LogP contribution in [0.5, 0.6) is 0 Å². The summed E-state index contributed by atoms with van der Waals surface area (Å²) in [6.07, 6.45) is 1.71. The maximum Gasteiger partial charge on any atom is 0.209 e. The standard InChI is InChI=1S/C12H10Cl2N6S/c1-2-19-17-11(16-18-19)7-6-15-20(12(7)21)10-8(13)4-3-5-9(10)14/h3-6,15H,2H2,1H3. The fraction of sp³-hybridized carbons (Fsp3) is 0.167. The van der Waals surface area contributed by atoms with E-state index in [4.69, 9.17) is 35.4 Å². The topological polar surface area (TPSA) is 64.3 Å². The van der Waals surface area contributed by atoms with Gasteiger partial charge in [0.05, 0.1) is 22.2 Å². The molecule has 2 aromatic heterocycles. The van der Waals surface area contributed by atoms with Crippen LogP contribution in [0, 0.1) is 4.64 Å². The third-order valence-electron chi connectivity index (χ3n) is 2.91. The largest absolute Gasteiger partial charge is 0.299 e. The van der Waals surface area contributed by atoms with Crippen LogP contribution in [0.1, 0.15) is 6.92 Å². The molecule has 108 valence electrons. The molecule has 0 spiro atoms. The van der Waals surface area contributed by atoms with Crippen molar-refractivity contribution in [2.24, 2.45) is 0 Å². The minimum absolute atomic E-state index is 0.458. The van der Waals surface area contributed by atoms with E-state index in [1.165, 1.54) is 4.80 Å². The van der Waals surface area contributed by atoms with Crippen molar-refractivity contribution in [2.75, 3.05) is 0 Å². The highest BCUT2D eigenvalue weighted by Crippen LogP contribution is 2.29. The number of benzene rings is 1. The van der Waals surface area contributed by atoms with Gasteiger partial charge in [-0.15, -0.1) is 10.2 Å². The second kappa shape index (κ2) is 5.59. The van der Waals surface area contributed by atoms with Crippen molar-refractivity contribution >= 4 is 35.4 Å². The Balaban J connectivity index is 2.14. The molecule has 0 saturated heterocycles. The predicted octanol–water partition coefficient (Wildman–Crippen LogP) is 3.52. The first-order chi connectivity index (χ1) is 10.1. The van der Waals surface area contributed by atoms with E-state index in [9.17, 15) is 0 Å². The van der Waals surface area contributed by atoms with E-state index >= 15 is 0 Å². The molecule has 21 heavy (non-hydrogen) atoms. The SMILES string of the molecule is CCn1nnc(-c2c[nH]n(-c3c(Cl)cccc3Cl)c2=S)n1. The zero-order chi connectivity index (χ0) is 15.0. The third kappa shape index (κ3) is 2.48. The Labute approximate surface area is 135 Å². The summed E-state index contributed by atoms with van der Waals surface area (Å²) in [5.74, 6) is 0.458. The quantitative estimate of drug-likeness (QED) is 0.741. The number of rotatable bonds is 3. The van der Waals surface area contributed by atoms with Gasteiger partial charge in [-0.1, -0.05) is 41.5 Å². The van der Waals surface area contributed by atoms with Crippen molar-refractivity contribution in [2.45, 2.75) is 13.5 Å². The lowest BCUT2D eigenvalue weighted by molar-refractivity contribution is 0.553. The molecule has 0 atom stereocenters. The summed E-state index contributed by atoms with van der Waals surface area (Å²) < 4.78 is 2.11. The Morgan fingerprint density at radius 3 is 2.62 bits per heavy atom. The first-order valence-electron chi connectivity index (χ1n) is 6.14. The van der Waals surface area contributed by atoms with Crippen LogP contribution < -0.4 is 0 Å². The van der Waals surface area contributed by atoms with Crippen LogP contribution in [-0.2, 0) is 6.54 Å². The van der Waals surface area contributed by atoms with Crippen molar-refractivity contribution in [3.8, 4) is 17.1 Å². The molecule has 3 rings (SSSR count). The number of hydrogen-bond acceptors (Lipinski definition) is 4. The van der Waals surface area contributed by atoms with Crippen molar-refractivity contribution in [3.05, 3.63) is 39.1 Å². The highest BCUT2D eigenvalue weighted by atomic mass is 35.5. The highest BCUT2D eigenvalue weighted by molar-refractivity contribution is 7.71. The fourth-order valence-electron chi connectivity index (χ4n) is 1.88. The van der Waals surface area contributed by atoms with Crippen molar-refractivity contribution in [1.29, 1.82) is 0 Å². The molecule has 0 radical (unpaired) electrons. The number of aromatic nitrogens is 6. The minimum Gasteiger partial charge on any atom is -0.299 e. The van der Waals surface area contributed by atoms with E-state index in [0.29, 0.717) is 38.3 Å². The maximum atomic E-state index is 6.20. The number of aryl methyl sites for hydroxylation is 1. The Kier molecular flexibility index (Phi) is 3.79. The van der Waals surface area contributed by atoms with Crippen LogP contribution in [0.15, 0.2) is 24.4 Å². The van der Waals surface area contributed by atoms with Gasteiger partial charge in [0.15, 0.2) is 0 Å². The van der Waals surface area contributed by atoms with Crippen molar-refractivity contribution < 1.29 is 0 Å². The zero-order valence-corrected chi connectivity index (χ0v) is 13.2. The van der Waals surface area contributed by atoms with E-state index in [-0.39, 0.29) is 0 Å². The summed E-state index contributed by atoms with van der Waals surface area (Å²) in [5.41, 5.74) is 1.26. The summed E-state index contributed by atoms with van der Waals surface area (Å²) in [4.78, 5) is 1.49. The molecule has 0 aliphatic rings. The van der Waals surface area contributed by atoms with Gasteiger partial charge in [0, 0.05) is 6.20 Å². The maximum absolute atomic E-state index is 6.20. The monoisotopic (exact) mass is 340 g/mol. The molecule has 0 amide bonds. The van der Waals surface area contributed by atoms with Gasteiger partial charge >= 0.3 is 0 Å². The third-order valence-corrected chi connectivity index (χ3v) is 3.92. The average Bonchev–Trinajstić information content (AvgIpc) is 3.06. The van der Waals surface area contributed by atoms with Crippen molar-refractivity contribution in [3.63, 3.8) is 0 Å². The van der Waals surface area contributed by atoms with Gasteiger partial charge < -0.3 is 0 Å². The van der Waals surface area contributed by atoms with Crippen LogP contribution in [0.4, 0.5) is 0 Å². The number of tetrazole rings is 1. The van der Waals surface area contributed by atoms with Crippen LogP contribution in [0.2, 0.25) is 10.0 Å². The molecule has 0 aliphatic heterocycles. The first-order valence-corrected chi connectivity index (χ1v) is 7.31. The van der Waals surface area contributed by atoms with Gasteiger partial charge in [-0.05, 0) is 24.3 Å². The fourth-order valence-corrected chi connectivity index (χ4v) is 2.74. The lowest BCUT2D eigenvalue weighted by Crippen LogP contribution is -1.99. The molecule has 2 heterocycles. The molecule has 0 saturated carbocycles. The summed E-state index contributed by atoms with van der Waals surface area (Å²) in [7, 11) is 0. The number of para-hydroxylation sites is 1. The molecule has 0 aliphatic carbocycles. The Morgan fingerprint density at radius 1 is 1.29 bits per heavy atom. The van der Waals surface area contributed by atoms with E-state index in [1.807, 2.05) is 6.92 Å². The normalized spacial score (nSPS) is 11.0. The van der Waals surface area contributed by atoms with E-state index in [2.05, 4.69) is 20.5 Å². The number of aromatic amines is 1. The summed E-state index contributed by atoms with van der Waals surface area (Å²) >= 11 is 17.8. The lowest BCUT2D eigenvalue weighted by Gasteiger charge is -2.07. The number of nitrogens with one attached hydrogen (secondary N) is 1. The molecule has 0 bridgehead atoms. The average molecular weight is 341 g/mol. The predicted molar refractivity (Wildman–Crippen MR) is 83.5 cm³/mol. The van der Waals surface area contributed by atoms with Crippen LogP contribution in [-0.4, -0.2) is 30.0 Å². The molecular formula is C12H10Cl2N6S. The van der Waals surface area contributed by atoms with Gasteiger partial charge in [-0.25, -0.2) is 4.68 Å². The number of nitrogens with zero attached hydrogens (tertiary/aromatic N) is 5. The molecular weight excluding hydrogens is 331 g/mol. The molecule has 9 heteroatoms. The van der Waals surface area contributed by atoms with Gasteiger partial charge in [-0.3, -0.25) is 5.10 Å². The first kappa shape index (κ1) is 14.2. The second-order valence-electron chi connectivity index (χ2n) is 4.20. The van der Waals surface area contributed by atoms with Crippen LogP contribution in [0.25, 0.3) is 17.1 Å². The second-order valence-corrected chi connectivity index (χ2v) is 5.40. The van der Waals surface area contributed by atoms with Gasteiger partial charge in [0.1, 0.15) is 10.3 Å². The van der Waals surface area contributed by atoms with Gasteiger partial charge in [0.2, 0.25) is 5.82 Å². The molecule has 3 aromatic rings. The Morgan fingerprint density at radius 2 is 2.00 bits per heavy atom. The van der Waals surface area contributed by atoms with E-state index in [0.717, 1.165) is 0 Å². The number of hydrogen-bond donors (Lipinski definition) is 1. The number of H-pyrrole nitrogens is 1. The smallest absolute Gasteiger partial charge is 0.209 e. The molecule has 1 aromatic carbocycles. The summed E-state index contributed by atoms with van der Waals surface area (Å²) in [6, 6.07) is 5.27. The van der Waals surface area contributed by atoms with Gasteiger partial charge in [-0.2, -0.15) is 4.80 Å². The lowest BCUT2D eigenvalue weighted by atomic mass is 10.3. The molecule has 0 fully saturated rings. The Bertz CT molecular complexity index is 829. The molecule has 6 nitrogen and oxygen atoms in total. The van der Waals surface area contributed by atoms with Crippen molar-refractivity contribution in [1.82, 2.24) is 30.0 Å². The van der Waals surface area contributed by atoms with Crippen LogP contribution >= 0.6 is 35.4 Å². The molecule has 0 unspecified atom stereocenters. The summed E-state index contributed by atoms with van der Waals surface area (Å²) in [5, 5.41) is 16.2. The highest BCUT2D eigenvalue weighted by Gasteiger charge is 2.15. The Hall–Kier alpha value is -1.70. The van der Waals surface area contributed by atoms with Crippen LogP contribution in [0.3, 0.4) is 0 Å². The number of halogens is 2. The van der Waals surface area contributed by atoms with E-state index < -0.39 is 0 Å².